The zero-order chi connectivity index (χ0) is 23.2. The minimum atomic E-state index is -3.79. The smallest absolute Gasteiger partial charge is 0.342 e. The Morgan fingerprint density at radius 3 is 2.48 bits per heavy atom. The first-order chi connectivity index (χ1) is 15.8. The van der Waals surface area contributed by atoms with E-state index in [2.05, 4.69) is 10.2 Å². The van der Waals surface area contributed by atoms with Crippen LogP contribution in [0.4, 0.5) is 0 Å². The molecule has 1 unspecified atom stereocenters. The van der Waals surface area contributed by atoms with Gasteiger partial charge < -0.3 is 4.90 Å². The number of amides is 1. The molecule has 3 N–H and O–H groups in total. The number of sulfonamides is 1. The van der Waals surface area contributed by atoms with Gasteiger partial charge in [-0.25, -0.2) is 23.4 Å². The van der Waals surface area contributed by atoms with E-state index in [-0.39, 0.29) is 28.3 Å². The number of H-pyrrole nitrogens is 1. The molecule has 3 aromatic rings. The Balaban J connectivity index is 1.35. The van der Waals surface area contributed by atoms with Crippen molar-refractivity contribution < 1.29 is 13.2 Å². The Morgan fingerprint density at radius 2 is 1.79 bits per heavy atom. The lowest BCUT2D eigenvalue weighted by Gasteiger charge is -2.16. The van der Waals surface area contributed by atoms with E-state index >= 15 is 0 Å². The Morgan fingerprint density at radius 1 is 1.06 bits per heavy atom. The van der Waals surface area contributed by atoms with Gasteiger partial charge in [-0.3, -0.25) is 9.36 Å². The van der Waals surface area contributed by atoms with Crippen molar-refractivity contribution in [2.45, 2.75) is 30.7 Å². The van der Waals surface area contributed by atoms with Crippen molar-refractivity contribution in [3.05, 3.63) is 59.0 Å². The first-order valence-electron chi connectivity index (χ1n) is 11.0. The molecule has 0 spiro atoms. The average molecular weight is 468 g/mol. The second-order valence-electron chi connectivity index (χ2n) is 8.83. The highest BCUT2D eigenvalue weighted by molar-refractivity contribution is 7.89. The summed E-state index contributed by atoms with van der Waals surface area (Å²) in [5.74, 6) is 1.21. The number of carbonyl (C=O) groups is 1. The Kier molecular flexibility index (Phi) is 5.41. The summed E-state index contributed by atoms with van der Waals surface area (Å²) in [5.41, 5.74) is 2.03. The Hall–Kier alpha value is -3.24. The van der Waals surface area contributed by atoms with Crippen LogP contribution in [0.15, 0.2) is 58.2 Å². The van der Waals surface area contributed by atoms with Crippen molar-refractivity contribution in [3.8, 4) is 22.5 Å². The molecule has 0 bridgehead atoms. The number of hydrogen-bond acceptors (Lipinski definition) is 5. The van der Waals surface area contributed by atoms with E-state index in [4.69, 9.17) is 5.14 Å². The van der Waals surface area contributed by atoms with Crippen molar-refractivity contribution in [1.29, 1.82) is 0 Å². The topological polar surface area (TPSA) is 131 Å². The summed E-state index contributed by atoms with van der Waals surface area (Å²) in [6.07, 6.45) is 2.86. The predicted molar refractivity (Wildman–Crippen MR) is 123 cm³/mol. The van der Waals surface area contributed by atoms with E-state index in [0.717, 1.165) is 42.5 Å². The predicted octanol–water partition coefficient (Wildman–Crippen LogP) is 1.81. The summed E-state index contributed by atoms with van der Waals surface area (Å²) in [6.45, 7) is 1.91. The van der Waals surface area contributed by atoms with Gasteiger partial charge in [-0.2, -0.15) is 5.10 Å². The fourth-order valence-corrected chi connectivity index (χ4v) is 4.96. The number of hydrogen-bond donors (Lipinski definition) is 2. The molecule has 1 saturated heterocycles. The lowest BCUT2D eigenvalue weighted by molar-refractivity contribution is -0.131. The molecule has 2 fully saturated rings. The van der Waals surface area contributed by atoms with Gasteiger partial charge in [0.15, 0.2) is 5.82 Å². The number of rotatable bonds is 6. The molecule has 1 aliphatic heterocycles. The van der Waals surface area contributed by atoms with Crippen molar-refractivity contribution in [3.63, 3.8) is 0 Å². The molecule has 9 nitrogen and oxygen atoms in total. The van der Waals surface area contributed by atoms with Crippen molar-refractivity contribution >= 4 is 15.9 Å². The number of aromatic amines is 1. The molecule has 5 rings (SSSR count). The summed E-state index contributed by atoms with van der Waals surface area (Å²) >= 11 is 0. The maximum absolute atomic E-state index is 12.5. The number of carbonyl (C=O) groups excluding carboxylic acids is 1. The first kappa shape index (κ1) is 21.6. The van der Waals surface area contributed by atoms with Crippen LogP contribution in [-0.2, 0) is 21.4 Å². The molecule has 0 radical (unpaired) electrons. The summed E-state index contributed by atoms with van der Waals surface area (Å²) in [7, 11) is -3.79. The molecule has 2 aliphatic rings. The third-order valence-corrected chi connectivity index (χ3v) is 7.27. The molecular formula is C23H25N5O4S. The average Bonchev–Trinajstić information content (AvgIpc) is 3.45. The largest absolute Gasteiger partial charge is 0.343 e. The number of aromatic nitrogens is 3. The monoisotopic (exact) mass is 467 g/mol. The third kappa shape index (κ3) is 4.49. The van der Waals surface area contributed by atoms with Crippen molar-refractivity contribution in [2.75, 3.05) is 13.1 Å². The van der Waals surface area contributed by atoms with E-state index < -0.39 is 10.0 Å². The molecule has 1 aliphatic carbocycles. The van der Waals surface area contributed by atoms with E-state index in [9.17, 15) is 18.0 Å². The summed E-state index contributed by atoms with van der Waals surface area (Å²) in [4.78, 5) is 26.8. The molecule has 1 aromatic heterocycles. The lowest BCUT2D eigenvalue weighted by Crippen LogP contribution is -2.31. The Bertz CT molecular complexity index is 1360. The van der Waals surface area contributed by atoms with Crippen LogP contribution in [0, 0.1) is 11.8 Å². The number of nitrogens with zero attached hydrogens (tertiary/aromatic N) is 3. The highest BCUT2D eigenvalue weighted by atomic mass is 32.2. The first-order valence-corrected chi connectivity index (χ1v) is 12.5. The van der Waals surface area contributed by atoms with Crippen LogP contribution in [0.2, 0.25) is 0 Å². The lowest BCUT2D eigenvalue weighted by atomic mass is 10.0. The molecular weight excluding hydrogens is 442 g/mol. The van der Waals surface area contributed by atoms with Gasteiger partial charge in [0.25, 0.3) is 0 Å². The van der Waals surface area contributed by atoms with Crippen LogP contribution in [0.25, 0.3) is 22.5 Å². The number of likely N-dealkylation sites (tertiary alicyclic amines) is 1. The van der Waals surface area contributed by atoms with Crippen molar-refractivity contribution in [1.82, 2.24) is 19.7 Å². The second kappa shape index (κ2) is 8.27. The van der Waals surface area contributed by atoms with Gasteiger partial charge in [-0.05, 0) is 48.4 Å². The van der Waals surface area contributed by atoms with Crippen LogP contribution in [0.3, 0.4) is 0 Å². The Labute approximate surface area is 191 Å². The molecule has 172 valence electrons. The summed E-state index contributed by atoms with van der Waals surface area (Å²) < 4.78 is 24.9. The van der Waals surface area contributed by atoms with Gasteiger partial charge in [-0.1, -0.05) is 36.4 Å². The minimum Gasteiger partial charge on any atom is -0.342 e. The van der Waals surface area contributed by atoms with Crippen molar-refractivity contribution in [2.24, 2.45) is 17.0 Å². The van der Waals surface area contributed by atoms with E-state index in [1.807, 2.05) is 35.2 Å². The van der Waals surface area contributed by atoms with Gasteiger partial charge in [0.05, 0.1) is 4.90 Å². The van der Waals surface area contributed by atoms with Crippen LogP contribution in [-0.4, -0.2) is 47.1 Å². The number of primary sulfonamides is 1. The zero-order valence-electron chi connectivity index (χ0n) is 18.0. The highest BCUT2D eigenvalue weighted by Crippen LogP contribution is 2.33. The maximum atomic E-state index is 12.5. The van der Waals surface area contributed by atoms with Gasteiger partial charge in [0.2, 0.25) is 15.9 Å². The number of nitrogens with two attached hydrogens (primary N) is 1. The number of nitrogens with one attached hydrogen (secondary N) is 1. The zero-order valence-corrected chi connectivity index (χ0v) is 18.8. The summed E-state index contributed by atoms with van der Waals surface area (Å²) in [5, 5.41) is 12.0. The third-order valence-electron chi connectivity index (χ3n) is 6.36. The molecule has 1 atom stereocenters. The second-order valence-corrected chi connectivity index (χ2v) is 10.4. The minimum absolute atomic E-state index is 0.0518. The SMILES string of the molecule is NS(=O)(=O)c1cccc(-c2ccc(-c3n[nH]c(=O)n3CC3CCN(C(=O)C4CC4)C3)cc2)c1. The molecule has 33 heavy (non-hydrogen) atoms. The van der Waals surface area contributed by atoms with Crippen LogP contribution in [0.5, 0.6) is 0 Å². The van der Waals surface area contributed by atoms with Crippen LogP contribution >= 0.6 is 0 Å². The van der Waals surface area contributed by atoms with Gasteiger partial charge >= 0.3 is 5.69 Å². The molecule has 1 amide bonds. The van der Waals surface area contributed by atoms with Gasteiger partial charge in [0, 0.05) is 31.1 Å². The van der Waals surface area contributed by atoms with E-state index in [1.165, 1.54) is 12.1 Å². The molecule has 10 heteroatoms. The molecule has 1 saturated carbocycles. The van der Waals surface area contributed by atoms with Crippen LogP contribution in [0.1, 0.15) is 19.3 Å². The standard InChI is InChI=1S/C23H25N5O4S/c24-33(31,32)20-3-1-2-19(12-20)16-4-6-17(7-5-16)21-25-26-23(30)28(21)14-15-10-11-27(13-15)22(29)18-8-9-18/h1-7,12,15,18H,8-11,13-14H2,(H,26,30)(H2,24,31,32). The quantitative estimate of drug-likeness (QED) is 0.571. The highest BCUT2D eigenvalue weighted by Gasteiger charge is 2.36. The van der Waals surface area contributed by atoms with Gasteiger partial charge in [-0.15, -0.1) is 0 Å². The normalized spacial score (nSPS) is 18.6. The van der Waals surface area contributed by atoms with Crippen LogP contribution < -0.4 is 10.8 Å². The fourth-order valence-electron chi connectivity index (χ4n) is 4.40. The number of benzene rings is 2. The van der Waals surface area contributed by atoms with E-state index in [1.54, 1.807) is 10.6 Å². The maximum Gasteiger partial charge on any atom is 0.343 e. The van der Waals surface area contributed by atoms with E-state index in [0.29, 0.717) is 18.9 Å². The fraction of sp³-hybridized carbons (Fsp3) is 0.348. The summed E-state index contributed by atoms with van der Waals surface area (Å²) in [6, 6.07) is 13.8. The van der Waals surface area contributed by atoms with Gasteiger partial charge in [0.1, 0.15) is 0 Å². The molecule has 2 aromatic carbocycles. The molecule has 2 heterocycles.